The summed E-state index contributed by atoms with van der Waals surface area (Å²) in [5, 5.41) is 34.4. The molecule has 4 N–H and O–H groups in total. The number of epoxide rings is 1. The van der Waals surface area contributed by atoms with Crippen LogP contribution in [0.1, 0.15) is 80.6 Å². The SMILES string of the molecule is CCC(O)C(C)C1OC1CC(C)/C=C/C=C(\C)C1NC(=O)CC(O)CCC(C)(O)C(OC(C)=O)/C=C/C1C. The van der Waals surface area contributed by atoms with E-state index in [9.17, 15) is 24.9 Å². The standard InChI is InChI=1S/C30H49NO7/c1-8-24(34)21(5)29-25(38-29)16-18(2)10-9-11-19(3)28-20(4)12-13-26(37-22(6)32)30(7,36)15-14-23(33)17-27(35)31-28/h9-13,18,20-21,23-26,28-29,33-34,36H,8,14-17H2,1-7H3,(H,31,35)/b10-9+,13-12+,19-11+. The quantitative estimate of drug-likeness (QED) is 0.154. The van der Waals surface area contributed by atoms with E-state index in [4.69, 9.17) is 9.47 Å². The molecule has 8 nitrogen and oxygen atoms in total. The Morgan fingerprint density at radius 3 is 2.63 bits per heavy atom. The van der Waals surface area contributed by atoms with Crippen LogP contribution < -0.4 is 5.32 Å². The molecule has 2 aliphatic rings. The van der Waals surface area contributed by atoms with Crippen molar-refractivity contribution in [3.63, 3.8) is 0 Å². The first-order valence-corrected chi connectivity index (χ1v) is 14.0. The second-order valence-electron chi connectivity index (χ2n) is 11.6. The van der Waals surface area contributed by atoms with Gasteiger partial charge < -0.3 is 30.1 Å². The predicted molar refractivity (Wildman–Crippen MR) is 147 cm³/mol. The summed E-state index contributed by atoms with van der Waals surface area (Å²) in [6, 6.07) is -0.346. The summed E-state index contributed by atoms with van der Waals surface area (Å²) in [6.45, 7) is 12.9. The lowest BCUT2D eigenvalue weighted by Crippen LogP contribution is -2.44. The minimum atomic E-state index is -1.38. The molecule has 2 rings (SSSR count). The van der Waals surface area contributed by atoms with E-state index in [1.54, 1.807) is 13.0 Å². The van der Waals surface area contributed by atoms with Gasteiger partial charge in [0, 0.05) is 12.8 Å². The van der Waals surface area contributed by atoms with Gasteiger partial charge in [-0.2, -0.15) is 0 Å². The number of nitrogens with one attached hydrogen (secondary N) is 1. The zero-order chi connectivity index (χ0) is 28.6. The Kier molecular flexibility index (Phi) is 12.2. The van der Waals surface area contributed by atoms with E-state index < -0.39 is 23.8 Å². The van der Waals surface area contributed by atoms with Crippen LogP contribution in [0, 0.1) is 17.8 Å². The third-order valence-corrected chi connectivity index (χ3v) is 7.80. The molecule has 0 saturated carbocycles. The van der Waals surface area contributed by atoms with Crippen molar-refractivity contribution in [3.8, 4) is 0 Å². The van der Waals surface area contributed by atoms with Crippen molar-refractivity contribution in [2.24, 2.45) is 17.8 Å². The number of hydrogen-bond acceptors (Lipinski definition) is 7. The summed E-state index contributed by atoms with van der Waals surface area (Å²) in [4.78, 5) is 24.4. The second-order valence-corrected chi connectivity index (χ2v) is 11.6. The molecule has 38 heavy (non-hydrogen) atoms. The maximum absolute atomic E-state index is 12.7. The summed E-state index contributed by atoms with van der Waals surface area (Å²) in [5.41, 5.74) is -0.448. The van der Waals surface area contributed by atoms with E-state index >= 15 is 0 Å². The van der Waals surface area contributed by atoms with Crippen LogP contribution in [0.15, 0.2) is 36.0 Å². The van der Waals surface area contributed by atoms with E-state index in [0.29, 0.717) is 0 Å². The maximum atomic E-state index is 12.7. The molecule has 8 heteroatoms. The molecule has 0 aromatic heterocycles. The lowest BCUT2D eigenvalue weighted by atomic mass is 9.87. The lowest BCUT2D eigenvalue weighted by Gasteiger charge is -2.32. The van der Waals surface area contributed by atoms with Crippen molar-refractivity contribution in [2.45, 2.75) is 123 Å². The first kappa shape index (κ1) is 32.2. The van der Waals surface area contributed by atoms with Crippen molar-refractivity contribution in [3.05, 3.63) is 36.0 Å². The maximum Gasteiger partial charge on any atom is 0.303 e. The van der Waals surface area contributed by atoms with Crippen LogP contribution in [0.3, 0.4) is 0 Å². The van der Waals surface area contributed by atoms with Gasteiger partial charge in [0.05, 0.1) is 36.9 Å². The molecule has 1 saturated heterocycles. The first-order valence-electron chi connectivity index (χ1n) is 14.0. The van der Waals surface area contributed by atoms with Gasteiger partial charge in [0.2, 0.25) is 5.91 Å². The molecule has 216 valence electrons. The molecule has 10 unspecified atom stereocenters. The molecule has 2 heterocycles. The number of rotatable bonds is 9. The Bertz CT molecular complexity index is 880. The fourth-order valence-corrected chi connectivity index (χ4v) is 5.09. The Morgan fingerprint density at radius 1 is 1.32 bits per heavy atom. The molecule has 0 aromatic rings. The fourth-order valence-electron chi connectivity index (χ4n) is 5.09. The molecular weight excluding hydrogens is 486 g/mol. The summed E-state index contributed by atoms with van der Waals surface area (Å²) in [5.74, 6) is -0.516. The third kappa shape index (κ3) is 9.95. The van der Waals surface area contributed by atoms with Gasteiger partial charge >= 0.3 is 5.97 Å². The van der Waals surface area contributed by atoms with Crippen molar-refractivity contribution in [1.82, 2.24) is 5.32 Å². The van der Waals surface area contributed by atoms with E-state index in [0.717, 1.165) is 18.4 Å². The molecule has 0 aromatic carbocycles. The van der Waals surface area contributed by atoms with Crippen molar-refractivity contribution >= 4 is 11.9 Å². The molecule has 0 spiro atoms. The topological polar surface area (TPSA) is 129 Å². The average molecular weight is 536 g/mol. The molecule has 1 amide bonds. The number of hydrogen-bond donors (Lipinski definition) is 4. The van der Waals surface area contributed by atoms with E-state index in [-0.39, 0.29) is 67.3 Å². The van der Waals surface area contributed by atoms with Gasteiger partial charge in [-0.3, -0.25) is 9.59 Å². The normalized spacial score (nSPS) is 36.4. The summed E-state index contributed by atoms with van der Waals surface area (Å²) in [7, 11) is 0. The average Bonchev–Trinajstić information content (AvgIpc) is 3.60. The Balaban J connectivity index is 2.12. The van der Waals surface area contributed by atoms with Crippen LogP contribution in [0.25, 0.3) is 0 Å². The highest BCUT2D eigenvalue weighted by Gasteiger charge is 2.45. The number of aliphatic hydroxyl groups is 3. The van der Waals surface area contributed by atoms with Gasteiger partial charge in [0.25, 0.3) is 0 Å². The minimum absolute atomic E-state index is 0.0743. The Hall–Kier alpha value is -2.00. The summed E-state index contributed by atoms with van der Waals surface area (Å²) < 4.78 is 11.2. The number of ether oxygens (including phenoxy) is 2. The first-order chi connectivity index (χ1) is 17.7. The van der Waals surface area contributed by atoms with E-state index in [1.165, 1.54) is 6.92 Å². The molecule has 0 bridgehead atoms. The molecule has 1 fully saturated rings. The number of allylic oxidation sites excluding steroid dienone is 3. The second kappa shape index (κ2) is 14.4. The number of aliphatic hydroxyl groups excluding tert-OH is 2. The van der Waals surface area contributed by atoms with Crippen LogP contribution in [-0.4, -0.2) is 69.4 Å². The Labute approximate surface area is 228 Å². The largest absolute Gasteiger partial charge is 0.455 e. The minimum Gasteiger partial charge on any atom is -0.455 e. The lowest BCUT2D eigenvalue weighted by molar-refractivity contribution is -0.156. The smallest absolute Gasteiger partial charge is 0.303 e. The zero-order valence-electron chi connectivity index (χ0n) is 24.1. The van der Waals surface area contributed by atoms with Gasteiger partial charge in [0.1, 0.15) is 11.7 Å². The molecular formula is C30H49NO7. The van der Waals surface area contributed by atoms with Gasteiger partial charge in [0.15, 0.2) is 0 Å². The van der Waals surface area contributed by atoms with Gasteiger partial charge in [-0.15, -0.1) is 0 Å². The van der Waals surface area contributed by atoms with Gasteiger partial charge in [-0.05, 0) is 57.4 Å². The number of esters is 1. The highest BCUT2D eigenvalue weighted by molar-refractivity contribution is 5.77. The van der Waals surface area contributed by atoms with Crippen molar-refractivity contribution in [1.29, 1.82) is 0 Å². The predicted octanol–water partition coefficient (Wildman–Crippen LogP) is 3.59. The van der Waals surface area contributed by atoms with Crippen molar-refractivity contribution in [2.75, 3.05) is 0 Å². The van der Waals surface area contributed by atoms with E-state index in [1.807, 2.05) is 45.9 Å². The highest BCUT2D eigenvalue weighted by Crippen LogP contribution is 2.36. The van der Waals surface area contributed by atoms with Crippen LogP contribution in [0.2, 0.25) is 0 Å². The van der Waals surface area contributed by atoms with Crippen LogP contribution in [0.5, 0.6) is 0 Å². The molecule has 0 aliphatic carbocycles. The number of amides is 1. The van der Waals surface area contributed by atoms with E-state index in [2.05, 4.69) is 18.3 Å². The Morgan fingerprint density at radius 2 is 2.00 bits per heavy atom. The summed E-state index contributed by atoms with van der Waals surface area (Å²) in [6.07, 6.45) is 9.65. The molecule has 2 aliphatic heterocycles. The monoisotopic (exact) mass is 535 g/mol. The highest BCUT2D eigenvalue weighted by atomic mass is 16.6. The number of carbonyl (C=O) groups excluding carboxylic acids is 2. The summed E-state index contributed by atoms with van der Waals surface area (Å²) >= 11 is 0. The van der Waals surface area contributed by atoms with Crippen molar-refractivity contribution < 1.29 is 34.4 Å². The molecule has 10 atom stereocenters. The molecule has 0 radical (unpaired) electrons. The van der Waals surface area contributed by atoms with Gasteiger partial charge in [-0.1, -0.05) is 57.6 Å². The number of carbonyl (C=O) groups is 2. The van der Waals surface area contributed by atoms with Crippen LogP contribution in [0.4, 0.5) is 0 Å². The van der Waals surface area contributed by atoms with Gasteiger partial charge in [-0.25, -0.2) is 0 Å². The fraction of sp³-hybridized carbons (Fsp3) is 0.733. The third-order valence-electron chi connectivity index (χ3n) is 7.80. The zero-order valence-corrected chi connectivity index (χ0v) is 24.1. The van der Waals surface area contributed by atoms with Crippen LogP contribution in [-0.2, 0) is 19.1 Å². The van der Waals surface area contributed by atoms with Crippen LogP contribution >= 0.6 is 0 Å².